The van der Waals surface area contributed by atoms with Crippen LogP contribution < -0.4 is 14.2 Å². The Bertz CT molecular complexity index is 1420. The van der Waals surface area contributed by atoms with Crippen molar-refractivity contribution in [3.8, 4) is 17.2 Å². The summed E-state index contributed by atoms with van der Waals surface area (Å²) in [5.41, 5.74) is 0.455. The van der Waals surface area contributed by atoms with Gasteiger partial charge in [0.1, 0.15) is 24.8 Å². The smallest absolute Gasteiger partial charge is 0.283 e. The number of hydrogen-bond acceptors (Lipinski definition) is 9. The van der Waals surface area contributed by atoms with Crippen molar-refractivity contribution in [3.05, 3.63) is 58.6 Å². The third-order valence-electron chi connectivity index (χ3n) is 4.84. The number of amides is 1. The molecule has 1 amide bonds. The Kier molecular flexibility index (Phi) is 7.67. The molecule has 0 saturated carbocycles. The van der Waals surface area contributed by atoms with E-state index in [9.17, 15) is 13.2 Å². The van der Waals surface area contributed by atoms with E-state index in [4.69, 9.17) is 31.2 Å². The van der Waals surface area contributed by atoms with Crippen LogP contribution in [0.15, 0.2) is 57.4 Å². The molecule has 2 aliphatic rings. The number of sulfone groups is 1. The predicted molar refractivity (Wildman–Crippen MR) is 140 cm³/mol. The first-order valence-electron chi connectivity index (χ1n) is 10.6. The number of carbonyl (C=O) groups excluding carboxylic acids is 1. The number of hydrogen-bond donors (Lipinski definition) is 1. The molecular formula is C23H21ClN4O6S2. The van der Waals surface area contributed by atoms with Crippen molar-refractivity contribution in [2.45, 2.75) is 6.92 Å². The van der Waals surface area contributed by atoms with E-state index in [1.165, 1.54) is 6.08 Å². The molecule has 1 N–H and O–H groups in total. The minimum atomic E-state index is -3.73. The highest BCUT2D eigenvalue weighted by Gasteiger charge is 2.41. The van der Waals surface area contributed by atoms with Gasteiger partial charge in [-0.15, -0.1) is 0 Å². The van der Waals surface area contributed by atoms with Crippen LogP contribution in [0, 0.1) is 5.41 Å². The molecular weight excluding hydrogens is 528 g/mol. The van der Waals surface area contributed by atoms with Gasteiger partial charge in [-0.1, -0.05) is 29.8 Å². The number of para-hydroxylation sites is 1. The molecule has 0 atom stereocenters. The lowest BCUT2D eigenvalue weighted by atomic mass is 10.1. The molecule has 10 nitrogen and oxygen atoms in total. The largest absolute Gasteiger partial charge is 0.490 e. The van der Waals surface area contributed by atoms with E-state index < -0.39 is 15.7 Å². The number of rotatable bonds is 8. The van der Waals surface area contributed by atoms with Gasteiger partial charge in [0, 0.05) is 6.26 Å². The lowest BCUT2D eigenvalue weighted by molar-refractivity contribution is -0.114. The number of nitrogens with zero attached hydrogens (tertiary/aromatic N) is 3. The van der Waals surface area contributed by atoms with Crippen LogP contribution in [-0.2, 0) is 14.6 Å². The monoisotopic (exact) mass is 548 g/mol. The highest BCUT2D eigenvalue weighted by Crippen LogP contribution is 2.32. The predicted octanol–water partition coefficient (Wildman–Crippen LogP) is 3.82. The van der Waals surface area contributed by atoms with Gasteiger partial charge in [-0.2, -0.15) is 9.39 Å². The number of aliphatic imine (C=N–C) groups is 1. The van der Waals surface area contributed by atoms with Crippen molar-refractivity contribution >= 4 is 61.5 Å². The Balaban J connectivity index is 1.51. The first kappa shape index (κ1) is 25.7. The van der Waals surface area contributed by atoms with Gasteiger partial charge >= 0.3 is 0 Å². The number of amidine groups is 3. The maximum atomic E-state index is 12.6. The average molecular weight is 549 g/mol. The van der Waals surface area contributed by atoms with Crippen LogP contribution in [0.4, 0.5) is 0 Å². The fourth-order valence-corrected chi connectivity index (χ4v) is 5.31. The maximum Gasteiger partial charge on any atom is 0.283 e. The van der Waals surface area contributed by atoms with Crippen molar-refractivity contribution in [1.82, 2.24) is 4.90 Å². The molecule has 4 rings (SSSR count). The number of benzene rings is 2. The molecule has 0 radical (unpaired) electrons. The molecule has 0 spiro atoms. The summed E-state index contributed by atoms with van der Waals surface area (Å²) in [7, 11) is -3.73. The summed E-state index contributed by atoms with van der Waals surface area (Å²) in [5.74, 6) is 0.460. The average Bonchev–Trinajstić information content (AvgIpc) is 3.26. The molecule has 0 bridgehead atoms. The van der Waals surface area contributed by atoms with Crippen LogP contribution >= 0.6 is 23.5 Å². The van der Waals surface area contributed by atoms with E-state index in [0.717, 1.165) is 23.1 Å². The van der Waals surface area contributed by atoms with Gasteiger partial charge in [-0.05, 0) is 42.8 Å². The number of ether oxygens (including phenoxy) is 3. The van der Waals surface area contributed by atoms with Crippen LogP contribution in [0.3, 0.4) is 0 Å². The third kappa shape index (κ3) is 5.55. The Hall–Kier alpha value is -3.35. The second-order valence-corrected chi connectivity index (χ2v) is 10.5. The molecule has 2 aromatic rings. The molecule has 2 aromatic carbocycles. The normalized spacial score (nSPS) is 16.5. The standard InChI is InChI=1S/C23H21ClN4O6S2/c1-3-32-19-13-14(8-9-18(19)34-11-10-33-17-7-5-4-6-16(17)24)12-15-20(25)28-22(26-21(15)29)35-27-23(28)36(2,30)31/h4-9,12-13,25H,3,10-11H2,1-2H3/b15-12-,25-20?. The van der Waals surface area contributed by atoms with Crippen molar-refractivity contribution in [1.29, 1.82) is 5.41 Å². The van der Waals surface area contributed by atoms with Gasteiger partial charge < -0.3 is 14.2 Å². The zero-order chi connectivity index (χ0) is 25.9. The SMILES string of the molecule is CCOc1cc(/C=C2/C(=N)N3C(=NC2=O)SN=C3S(C)(=O)=O)ccc1OCCOc1ccccc1Cl. The maximum absolute atomic E-state index is 12.6. The van der Waals surface area contributed by atoms with Crippen LogP contribution in [0.25, 0.3) is 6.08 Å². The highest BCUT2D eigenvalue weighted by molar-refractivity contribution is 8.16. The van der Waals surface area contributed by atoms with Gasteiger partial charge in [0.15, 0.2) is 11.5 Å². The summed E-state index contributed by atoms with van der Waals surface area (Å²) in [6.45, 7) is 2.68. The summed E-state index contributed by atoms with van der Waals surface area (Å²) in [6, 6.07) is 12.1. The molecule has 13 heteroatoms. The van der Waals surface area contributed by atoms with E-state index in [0.29, 0.717) is 34.4 Å². The van der Waals surface area contributed by atoms with E-state index in [1.54, 1.807) is 30.3 Å². The summed E-state index contributed by atoms with van der Waals surface area (Å²) in [6.07, 6.45) is 2.43. The summed E-state index contributed by atoms with van der Waals surface area (Å²) >= 11 is 6.82. The Morgan fingerprint density at radius 1 is 1.08 bits per heavy atom. The van der Waals surface area contributed by atoms with E-state index in [2.05, 4.69) is 9.39 Å². The van der Waals surface area contributed by atoms with Gasteiger partial charge in [0.25, 0.3) is 5.91 Å². The fourth-order valence-electron chi connectivity index (χ4n) is 3.27. The fraction of sp³-hybridized carbons (Fsp3) is 0.217. The summed E-state index contributed by atoms with van der Waals surface area (Å²) in [4.78, 5) is 17.5. The van der Waals surface area contributed by atoms with Crippen molar-refractivity contribution in [2.24, 2.45) is 9.39 Å². The quantitative estimate of drug-likeness (QED) is 0.299. The molecule has 0 aromatic heterocycles. The molecule has 36 heavy (non-hydrogen) atoms. The lowest BCUT2D eigenvalue weighted by Gasteiger charge is -2.23. The summed E-state index contributed by atoms with van der Waals surface area (Å²) < 4.78 is 45.1. The van der Waals surface area contributed by atoms with Crippen LogP contribution in [0.1, 0.15) is 12.5 Å². The van der Waals surface area contributed by atoms with Crippen LogP contribution in [0.5, 0.6) is 17.2 Å². The second kappa shape index (κ2) is 10.7. The Morgan fingerprint density at radius 3 is 2.50 bits per heavy atom. The molecule has 0 fully saturated rings. The van der Waals surface area contributed by atoms with Crippen molar-refractivity contribution in [2.75, 3.05) is 26.1 Å². The topological polar surface area (TPSA) is 131 Å². The first-order valence-corrected chi connectivity index (χ1v) is 13.7. The first-order chi connectivity index (χ1) is 17.2. The van der Waals surface area contributed by atoms with Gasteiger partial charge in [-0.3, -0.25) is 10.2 Å². The molecule has 188 valence electrons. The molecule has 0 saturated heterocycles. The number of carbonyl (C=O) groups is 1. The van der Waals surface area contributed by atoms with Crippen molar-refractivity contribution < 1.29 is 27.4 Å². The number of fused-ring (bicyclic) bond motifs is 1. The lowest BCUT2D eigenvalue weighted by Crippen LogP contribution is -2.45. The Labute approximate surface area is 217 Å². The molecule has 2 aliphatic heterocycles. The van der Waals surface area contributed by atoms with E-state index >= 15 is 0 Å². The van der Waals surface area contributed by atoms with E-state index in [-0.39, 0.29) is 35.0 Å². The summed E-state index contributed by atoms with van der Waals surface area (Å²) in [5, 5.41) is 8.65. The zero-order valence-electron chi connectivity index (χ0n) is 19.2. The molecule has 0 unspecified atom stereocenters. The highest BCUT2D eigenvalue weighted by atomic mass is 35.5. The van der Waals surface area contributed by atoms with Gasteiger partial charge in [-0.25, -0.2) is 13.3 Å². The van der Waals surface area contributed by atoms with Gasteiger partial charge in [0.2, 0.25) is 20.2 Å². The molecule has 0 aliphatic carbocycles. The third-order valence-corrected chi connectivity index (χ3v) is 6.91. The van der Waals surface area contributed by atoms with Gasteiger partial charge in [0.05, 0.1) is 29.2 Å². The zero-order valence-corrected chi connectivity index (χ0v) is 21.6. The minimum Gasteiger partial charge on any atom is -0.490 e. The van der Waals surface area contributed by atoms with Crippen LogP contribution in [-0.4, -0.2) is 61.5 Å². The second-order valence-electron chi connectivity index (χ2n) is 7.45. The molecule has 2 heterocycles. The van der Waals surface area contributed by atoms with Crippen molar-refractivity contribution in [3.63, 3.8) is 0 Å². The van der Waals surface area contributed by atoms with Crippen LogP contribution in [0.2, 0.25) is 5.02 Å². The van der Waals surface area contributed by atoms with E-state index in [1.807, 2.05) is 19.1 Å². The minimum absolute atomic E-state index is 0.0281. The number of halogens is 1. The Morgan fingerprint density at radius 2 is 1.81 bits per heavy atom. The number of nitrogens with one attached hydrogen (secondary N) is 1.